The van der Waals surface area contributed by atoms with Gasteiger partial charge in [0.1, 0.15) is 23.1 Å². The van der Waals surface area contributed by atoms with Crippen molar-refractivity contribution in [3.05, 3.63) is 23.2 Å². The maximum absolute atomic E-state index is 10.7. The first-order valence-corrected chi connectivity index (χ1v) is 5.96. The topological polar surface area (TPSA) is 114 Å². The summed E-state index contributed by atoms with van der Waals surface area (Å²) in [7, 11) is 0. The van der Waals surface area contributed by atoms with Crippen molar-refractivity contribution in [3.8, 4) is 0 Å². The smallest absolute Gasteiger partial charge is 0.339 e. The van der Waals surface area contributed by atoms with Crippen LogP contribution in [0, 0.1) is 6.92 Å². The molecule has 1 rings (SSSR count). The summed E-state index contributed by atoms with van der Waals surface area (Å²) in [6.07, 6.45) is 0. The standard InChI is InChI=1S/C10H13NO5S/c1-5-7(9(12)13)2-6(16-5)3-17-4-8(11)10(14)15/h2,8H,3-4,11H2,1H3,(H,12,13)(H,14,15)/t8-/m1/s1. The Bertz CT molecular complexity index is 428. The second kappa shape index (κ2) is 5.74. The molecule has 1 atom stereocenters. The fourth-order valence-electron chi connectivity index (χ4n) is 1.18. The summed E-state index contributed by atoms with van der Waals surface area (Å²) in [5, 5.41) is 17.4. The van der Waals surface area contributed by atoms with E-state index in [0.717, 1.165) is 0 Å². The van der Waals surface area contributed by atoms with Crippen LogP contribution in [-0.2, 0) is 10.5 Å². The predicted molar refractivity (Wildman–Crippen MR) is 62.2 cm³/mol. The van der Waals surface area contributed by atoms with Crippen LogP contribution in [0.2, 0.25) is 0 Å². The van der Waals surface area contributed by atoms with Crippen molar-refractivity contribution in [3.63, 3.8) is 0 Å². The van der Waals surface area contributed by atoms with Crippen molar-refractivity contribution in [1.82, 2.24) is 0 Å². The lowest BCUT2D eigenvalue weighted by Gasteiger charge is -2.03. The molecule has 4 N–H and O–H groups in total. The van der Waals surface area contributed by atoms with Gasteiger partial charge >= 0.3 is 11.9 Å². The normalized spacial score (nSPS) is 12.4. The minimum atomic E-state index is -1.06. The Morgan fingerprint density at radius 3 is 2.65 bits per heavy atom. The van der Waals surface area contributed by atoms with Crippen LogP contribution >= 0.6 is 11.8 Å². The van der Waals surface area contributed by atoms with Crippen molar-refractivity contribution < 1.29 is 24.2 Å². The number of nitrogens with two attached hydrogens (primary N) is 1. The van der Waals surface area contributed by atoms with E-state index in [1.54, 1.807) is 6.92 Å². The minimum Gasteiger partial charge on any atom is -0.480 e. The molecule has 0 radical (unpaired) electrons. The largest absolute Gasteiger partial charge is 0.480 e. The number of carbonyl (C=O) groups is 2. The average Bonchev–Trinajstić information content (AvgIpc) is 2.59. The molecule has 0 spiro atoms. The molecule has 7 heteroatoms. The number of hydrogen-bond acceptors (Lipinski definition) is 5. The highest BCUT2D eigenvalue weighted by molar-refractivity contribution is 7.98. The second-order valence-corrected chi connectivity index (χ2v) is 4.48. The van der Waals surface area contributed by atoms with E-state index in [-0.39, 0.29) is 11.3 Å². The molecule has 0 aliphatic rings. The highest BCUT2D eigenvalue weighted by Gasteiger charge is 2.15. The second-order valence-electron chi connectivity index (χ2n) is 3.45. The maximum Gasteiger partial charge on any atom is 0.339 e. The molecular weight excluding hydrogens is 246 g/mol. The van der Waals surface area contributed by atoms with Crippen molar-refractivity contribution in [2.45, 2.75) is 18.7 Å². The van der Waals surface area contributed by atoms with Gasteiger partial charge in [-0.15, -0.1) is 0 Å². The molecule has 0 aliphatic carbocycles. The molecule has 0 fully saturated rings. The van der Waals surface area contributed by atoms with Gasteiger partial charge in [0.05, 0.1) is 5.75 Å². The SMILES string of the molecule is Cc1oc(CSC[C@@H](N)C(=O)O)cc1C(=O)O. The summed E-state index contributed by atoms with van der Waals surface area (Å²) in [6, 6.07) is 0.520. The van der Waals surface area contributed by atoms with Gasteiger partial charge in [-0.05, 0) is 13.0 Å². The third kappa shape index (κ3) is 3.79. The molecule has 1 aromatic rings. The quantitative estimate of drug-likeness (QED) is 0.696. The lowest BCUT2D eigenvalue weighted by atomic mass is 10.2. The zero-order valence-electron chi connectivity index (χ0n) is 9.17. The van der Waals surface area contributed by atoms with Gasteiger partial charge in [-0.3, -0.25) is 4.79 Å². The lowest BCUT2D eigenvalue weighted by Crippen LogP contribution is -2.32. The first kappa shape index (κ1) is 13.6. The molecular formula is C10H13NO5S. The molecule has 17 heavy (non-hydrogen) atoms. The van der Waals surface area contributed by atoms with Crippen LogP contribution in [0.4, 0.5) is 0 Å². The Labute approximate surface area is 102 Å². The molecule has 0 unspecified atom stereocenters. The third-order valence-electron chi connectivity index (χ3n) is 2.06. The van der Waals surface area contributed by atoms with Crippen LogP contribution in [0.3, 0.4) is 0 Å². The van der Waals surface area contributed by atoms with E-state index >= 15 is 0 Å². The summed E-state index contributed by atoms with van der Waals surface area (Å²) in [5.41, 5.74) is 5.45. The molecule has 0 saturated heterocycles. The number of furan rings is 1. The van der Waals surface area contributed by atoms with Gasteiger partial charge in [0.2, 0.25) is 0 Å². The van der Waals surface area contributed by atoms with Crippen LogP contribution in [-0.4, -0.2) is 33.9 Å². The van der Waals surface area contributed by atoms with E-state index in [1.807, 2.05) is 0 Å². The molecule has 6 nitrogen and oxygen atoms in total. The number of carboxylic acids is 2. The monoisotopic (exact) mass is 259 g/mol. The first-order chi connectivity index (χ1) is 7.91. The predicted octanol–water partition coefficient (Wildman–Crippen LogP) is 0.931. The zero-order chi connectivity index (χ0) is 13.0. The number of carboxylic acid groups (broad SMARTS) is 2. The third-order valence-corrected chi connectivity index (χ3v) is 3.14. The molecule has 94 valence electrons. The Morgan fingerprint density at radius 1 is 1.53 bits per heavy atom. The van der Waals surface area contributed by atoms with Gasteiger partial charge in [0.25, 0.3) is 0 Å². The van der Waals surface area contributed by atoms with Gasteiger partial charge in [-0.1, -0.05) is 0 Å². The lowest BCUT2D eigenvalue weighted by molar-refractivity contribution is -0.137. The summed E-state index contributed by atoms with van der Waals surface area (Å²) in [5.74, 6) is -0.603. The van der Waals surface area contributed by atoms with Crippen molar-refractivity contribution in [2.75, 3.05) is 5.75 Å². The van der Waals surface area contributed by atoms with Gasteiger partial charge in [-0.25, -0.2) is 4.79 Å². The average molecular weight is 259 g/mol. The number of aryl methyl sites for hydroxylation is 1. The van der Waals surface area contributed by atoms with Gasteiger partial charge in [0.15, 0.2) is 0 Å². The number of hydrogen-bond donors (Lipinski definition) is 3. The fourth-order valence-corrected chi connectivity index (χ4v) is 2.04. The van der Waals surface area contributed by atoms with Gasteiger partial charge < -0.3 is 20.4 Å². The summed E-state index contributed by atoms with van der Waals surface area (Å²) < 4.78 is 5.23. The summed E-state index contributed by atoms with van der Waals surface area (Å²) in [6.45, 7) is 1.57. The number of rotatable bonds is 6. The first-order valence-electron chi connectivity index (χ1n) is 4.80. The zero-order valence-corrected chi connectivity index (χ0v) is 9.99. The maximum atomic E-state index is 10.7. The highest BCUT2D eigenvalue weighted by Crippen LogP contribution is 2.19. The minimum absolute atomic E-state index is 0.128. The van der Waals surface area contributed by atoms with Crippen molar-refractivity contribution >= 4 is 23.7 Å². The van der Waals surface area contributed by atoms with E-state index in [9.17, 15) is 9.59 Å². The van der Waals surface area contributed by atoms with Crippen molar-refractivity contribution in [1.29, 1.82) is 0 Å². The van der Waals surface area contributed by atoms with Crippen molar-refractivity contribution in [2.24, 2.45) is 5.73 Å². The number of aliphatic carboxylic acids is 1. The Hall–Kier alpha value is -1.47. The Morgan fingerprint density at radius 2 is 2.18 bits per heavy atom. The molecule has 1 aromatic heterocycles. The summed E-state index contributed by atoms with van der Waals surface area (Å²) in [4.78, 5) is 21.2. The van der Waals surface area contributed by atoms with Gasteiger partial charge in [-0.2, -0.15) is 11.8 Å². The van der Waals surface area contributed by atoms with E-state index in [1.165, 1.54) is 17.8 Å². The van der Waals surface area contributed by atoms with E-state index in [2.05, 4.69) is 0 Å². The fraction of sp³-hybridized carbons (Fsp3) is 0.400. The summed E-state index contributed by atoms with van der Waals surface area (Å²) >= 11 is 1.28. The van der Waals surface area contributed by atoms with E-state index in [0.29, 0.717) is 17.3 Å². The van der Waals surface area contributed by atoms with Crippen LogP contribution in [0.15, 0.2) is 10.5 Å². The molecule has 0 aliphatic heterocycles. The van der Waals surface area contributed by atoms with Crippen LogP contribution in [0.5, 0.6) is 0 Å². The molecule has 0 bridgehead atoms. The van der Waals surface area contributed by atoms with Crippen LogP contribution in [0.25, 0.3) is 0 Å². The van der Waals surface area contributed by atoms with Crippen LogP contribution in [0.1, 0.15) is 21.9 Å². The van der Waals surface area contributed by atoms with Gasteiger partial charge in [0, 0.05) is 5.75 Å². The van der Waals surface area contributed by atoms with Crippen LogP contribution < -0.4 is 5.73 Å². The number of aromatic carboxylic acids is 1. The highest BCUT2D eigenvalue weighted by atomic mass is 32.2. The Kier molecular flexibility index (Phi) is 4.59. The molecule has 0 amide bonds. The molecule has 1 heterocycles. The number of thioether (sulfide) groups is 1. The van der Waals surface area contributed by atoms with E-state index in [4.69, 9.17) is 20.4 Å². The Balaban J connectivity index is 2.50. The molecule has 0 aromatic carbocycles. The molecule has 0 saturated carbocycles. The van der Waals surface area contributed by atoms with E-state index < -0.39 is 18.0 Å².